The molecular weight excluding hydrogens is 310 g/mol. The van der Waals surface area contributed by atoms with Gasteiger partial charge in [-0.2, -0.15) is 0 Å². The first-order valence-electron chi connectivity index (χ1n) is 7.81. The molecule has 0 saturated carbocycles. The fourth-order valence-corrected chi connectivity index (χ4v) is 2.36. The maximum Gasteiger partial charge on any atom is 0.260 e. The van der Waals surface area contributed by atoms with Crippen molar-refractivity contribution in [2.45, 2.75) is 38.8 Å². The number of carbonyl (C=O) groups excluding carboxylic acids is 1. The lowest BCUT2D eigenvalue weighted by molar-refractivity contribution is -0.127. The van der Waals surface area contributed by atoms with Crippen LogP contribution < -0.4 is 10.1 Å². The maximum atomic E-state index is 12.2. The largest absolute Gasteiger partial charge is 0.481 e. The zero-order valence-corrected chi connectivity index (χ0v) is 14.2. The smallest absolute Gasteiger partial charge is 0.260 e. The van der Waals surface area contributed by atoms with Crippen LogP contribution in [0.15, 0.2) is 54.6 Å². The summed E-state index contributed by atoms with van der Waals surface area (Å²) in [6.45, 7) is 3.75. The molecule has 0 aliphatic carbocycles. The predicted molar refractivity (Wildman–Crippen MR) is 93.9 cm³/mol. The first-order valence-corrected chi connectivity index (χ1v) is 8.19. The van der Waals surface area contributed by atoms with Crippen LogP contribution >= 0.6 is 11.6 Å². The molecule has 2 atom stereocenters. The van der Waals surface area contributed by atoms with Gasteiger partial charge < -0.3 is 10.1 Å². The third-order valence-electron chi connectivity index (χ3n) is 3.59. The van der Waals surface area contributed by atoms with Crippen LogP contribution in [0, 0.1) is 0 Å². The Morgan fingerprint density at radius 1 is 1.09 bits per heavy atom. The van der Waals surface area contributed by atoms with Gasteiger partial charge in [0.1, 0.15) is 5.75 Å². The second-order valence-electron chi connectivity index (χ2n) is 5.65. The minimum atomic E-state index is -0.546. The molecule has 0 aliphatic rings. The van der Waals surface area contributed by atoms with Crippen molar-refractivity contribution in [2.75, 3.05) is 0 Å². The van der Waals surface area contributed by atoms with Crippen LogP contribution in [0.4, 0.5) is 0 Å². The minimum Gasteiger partial charge on any atom is -0.481 e. The highest BCUT2D eigenvalue weighted by molar-refractivity contribution is 6.30. The van der Waals surface area contributed by atoms with E-state index in [1.54, 1.807) is 31.2 Å². The average molecular weight is 332 g/mol. The van der Waals surface area contributed by atoms with Crippen LogP contribution in [0.3, 0.4) is 0 Å². The van der Waals surface area contributed by atoms with Gasteiger partial charge in [-0.1, -0.05) is 41.9 Å². The number of amides is 1. The highest BCUT2D eigenvalue weighted by Gasteiger charge is 2.16. The van der Waals surface area contributed by atoms with Crippen molar-refractivity contribution in [2.24, 2.45) is 0 Å². The van der Waals surface area contributed by atoms with Crippen LogP contribution in [-0.4, -0.2) is 18.1 Å². The van der Waals surface area contributed by atoms with Crippen molar-refractivity contribution in [3.8, 4) is 5.75 Å². The standard InChI is InChI=1S/C19H22ClNO2/c1-14(8-9-16-6-4-3-5-7-16)21-19(22)15(2)23-18-12-10-17(20)11-13-18/h3-7,10-15H,8-9H2,1-2H3,(H,21,22)/t14-,15+/m1/s1. The Hall–Kier alpha value is -2.00. The normalized spacial score (nSPS) is 13.2. The Morgan fingerprint density at radius 2 is 1.74 bits per heavy atom. The van der Waals surface area contributed by atoms with Crippen molar-refractivity contribution in [3.63, 3.8) is 0 Å². The summed E-state index contributed by atoms with van der Waals surface area (Å²) in [5, 5.41) is 3.63. The molecule has 0 aromatic heterocycles. The van der Waals surface area contributed by atoms with Gasteiger partial charge in [-0.3, -0.25) is 4.79 Å². The first kappa shape index (κ1) is 17.4. The summed E-state index contributed by atoms with van der Waals surface area (Å²) in [6, 6.07) is 17.3. The third kappa shape index (κ3) is 5.95. The molecule has 4 heteroatoms. The van der Waals surface area contributed by atoms with E-state index in [1.807, 2.05) is 25.1 Å². The van der Waals surface area contributed by atoms with Crippen LogP contribution in [-0.2, 0) is 11.2 Å². The van der Waals surface area contributed by atoms with Gasteiger partial charge >= 0.3 is 0 Å². The molecule has 0 fully saturated rings. The van der Waals surface area contributed by atoms with E-state index in [9.17, 15) is 4.79 Å². The molecule has 0 bridgehead atoms. The number of benzene rings is 2. The molecule has 0 spiro atoms. The number of carbonyl (C=O) groups is 1. The second-order valence-corrected chi connectivity index (χ2v) is 6.08. The van der Waals surface area contributed by atoms with Crippen molar-refractivity contribution in [1.29, 1.82) is 0 Å². The summed E-state index contributed by atoms with van der Waals surface area (Å²) < 4.78 is 5.62. The number of nitrogens with one attached hydrogen (secondary N) is 1. The molecule has 2 aromatic rings. The highest BCUT2D eigenvalue weighted by atomic mass is 35.5. The molecule has 1 amide bonds. The van der Waals surface area contributed by atoms with E-state index in [4.69, 9.17) is 16.3 Å². The Morgan fingerprint density at radius 3 is 2.39 bits per heavy atom. The van der Waals surface area contributed by atoms with E-state index in [0.29, 0.717) is 10.8 Å². The van der Waals surface area contributed by atoms with Crippen molar-refractivity contribution in [1.82, 2.24) is 5.32 Å². The average Bonchev–Trinajstić information content (AvgIpc) is 2.56. The van der Waals surface area contributed by atoms with E-state index in [0.717, 1.165) is 12.8 Å². The summed E-state index contributed by atoms with van der Waals surface area (Å²) >= 11 is 5.83. The van der Waals surface area contributed by atoms with E-state index < -0.39 is 6.10 Å². The number of ether oxygens (including phenoxy) is 1. The number of hydrogen-bond acceptors (Lipinski definition) is 2. The van der Waals surface area contributed by atoms with E-state index in [1.165, 1.54) is 5.56 Å². The lowest BCUT2D eigenvalue weighted by Gasteiger charge is -2.19. The van der Waals surface area contributed by atoms with Crippen LogP contribution in [0.5, 0.6) is 5.75 Å². The van der Waals surface area contributed by atoms with Gasteiger partial charge in [-0.05, 0) is 56.5 Å². The van der Waals surface area contributed by atoms with Crippen LogP contribution in [0.1, 0.15) is 25.8 Å². The van der Waals surface area contributed by atoms with Gasteiger partial charge in [0.05, 0.1) is 0 Å². The SMILES string of the molecule is C[C@H](CCc1ccccc1)NC(=O)[C@H](C)Oc1ccc(Cl)cc1. The third-order valence-corrected chi connectivity index (χ3v) is 3.85. The summed E-state index contributed by atoms with van der Waals surface area (Å²) in [5.74, 6) is 0.523. The molecular formula is C19H22ClNO2. The zero-order valence-electron chi connectivity index (χ0n) is 13.5. The monoisotopic (exact) mass is 331 g/mol. The van der Waals surface area contributed by atoms with Gasteiger partial charge in [-0.15, -0.1) is 0 Å². The Balaban J connectivity index is 1.77. The number of halogens is 1. The number of aryl methyl sites for hydroxylation is 1. The van der Waals surface area contributed by atoms with E-state index in [-0.39, 0.29) is 11.9 Å². The molecule has 1 N–H and O–H groups in total. The molecule has 0 radical (unpaired) electrons. The fourth-order valence-electron chi connectivity index (χ4n) is 2.23. The highest BCUT2D eigenvalue weighted by Crippen LogP contribution is 2.17. The molecule has 0 unspecified atom stereocenters. The molecule has 0 heterocycles. The Labute approximate surface area is 142 Å². The van der Waals surface area contributed by atoms with Crippen LogP contribution in [0.25, 0.3) is 0 Å². The lowest BCUT2D eigenvalue weighted by Crippen LogP contribution is -2.41. The number of rotatable bonds is 7. The van der Waals surface area contributed by atoms with E-state index in [2.05, 4.69) is 17.4 Å². The predicted octanol–water partition coefficient (Wildman–Crippen LogP) is 4.24. The molecule has 3 nitrogen and oxygen atoms in total. The summed E-state index contributed by atoms with van der Waals surface area (Å²) in [6.07, 6.45) is 1.29. The summed E-state index contributed by atoms with van der Waals surface area (Å²) in [5.41, 5.74) is 1.28. The molecule has 0 aliphatic heterocycles. The van der Waals surface area contributed by atoms with Crippen LogP contribution in [0.2, 0.25) is 5.02 Å². The zero-order chi connectivity index (χ0) is 16.7. The first-order chi connectivity index (χ1) is 11.0. The van der Waals surface area contributed by atoms with Gasteiger partial charge in [0.2, 0.25) is 0 Å². The molecule has 122 valence electrons. The quantitative estimate of drug-likeness (QED) is 0.824. The molecule has 0 saturated heterocycles. The summed E-state index contributed by atoms with van der Waals surface area (Å²) in [7, 11) is 0. The van der Waals surface area contributed by atoms with Gasteiger partial charge in [0, 0.05) is 11.1 Å². The van der Waals surface area contributed by atoms with Gasteiger partial charge in [-0.25, -0.2) is 0 Å². The van der Waals surface area contributed by atoms with Crippen molar-refractivity contribution in [3.05, 3.63) is 65.2 Å². The minimum absolute atomic E-state index is 0.0963. The lowest BCUT2D eigenvalue weighted by atomic mass is 10.1. The van der Waals surface area contributed by atoms with Crippen molar-refractivity contribution < 1.29 is 9.53 Å². The molecule has 2 rings (SSSR count). The molecule has 2 aromatic carbocycles. The van der Waals surface area contributed by atoms with Gasteiger partial charge in [0.25, 0.3) is 5.91 Å². The van der Waals surface area contributed by atoms with Crippen molar-refractivity contribution >= 4 is 17.5 Å². The second kappa shape index (κ2) is 8.59. The maximum absolute atomic E-state index is 12.2. The van der Waals surface area contributed by atoms with E-state index >= 15 is 0 Å². The summed E-state index contributed by atoms with van der Waals surface area (Å²) in [4.78, 5) is 12.2. The Bertz CT molecular complexity index is 613. The Kier molecular flexibility index (Phi) is 6.48. The topological polar surface area (TPSA) is 38.3 Å². The van der Waals surface area contributed by atoms with Gasteiger partial charge in [0.15, 0.2) is 6.10 Å². The molecule has 23 heavy (non-hydrogen) atoms. The fraction of sp³-hybridized carbons (Fsp3) is 0.316. The number of hydrogen-bond donors (Lipinski definition) is 1.